The summed E-state index contributed by atoms with van der Waals surface area (Å²) in [5, 5.41) is 3.20. The Bertz CT molecular complexity index is 1000. The van der Waals surface area contributed by atoms with Crippen LogP contribution in [0.1, 0.15) is 20.9 Å². The van der Waals surface area contributed by atoms with Crippen LogP contribution in [0.25, 0.3) is 10.2 Å². The first-order valence-corrected chi connectivity index (χ1v) is 8.98. The number of hydrogen-bond donors (Lipinski definition) is 1. The number of thiophene rings is 1. The van der Waals surface area contributed by atoms with Crippen LogP contribution in [0.2, 0.25) is 0 Å². The number of carbonyl (C=O) groups excluding carboxylic acids is 1. The molecule has 0 aliphatic rings. The number of aryl methyl sites for hydroxylation is 1. The molecule has 0 radical (unpaired) electrons. The molecule has 0 aromatic carbocycles. The van der Waals surface area contributed by atoms with Gasteiger partial charge >= 0.3 is 6.18 Å². The van der Waals surface area contributed by atoms with E-state index in [1.54, 1.807) is 19.1 Å². The minimum Gasteiger partial charge on any atom is -0.474 e. The van der Waals surface area contributed by atoms with Crippen molar-refractivity contribution in [3.05, 3.63) is 46.6 Å². The first-order valence-electron chi connectivity index (χ1n) is 8.16. The normalized spacial score (nSPS) is 11.6. The van der Waals surface area contributed by atoms with Crippen molar-refractivity contribution < 1.29 is 27.4 Å². The number of hydrogen-bond acceptors (Lipinski definition) is 6. The summed E-state index contributed by atoms with van der Waals surface area (Å²) in [5.74, 6) is -0.247. The van der Waals surface area contributed by atoms with E-state index >= 15 is 0 Å². The zero-order valence-corrected chi connectivity index (χ0v) is 15.8. The lowest BCUT2D eigenvalue weighted by Gasteiger charge is -2.10. The molecule has 6 nitrogen and oxygen atoms in total. The van der Waals surface area contributed by atoms with E-state index in [-0.39, 0.29) is 22.2 Å². The largest absolute Gasteiger partial charge is 0.474 e. The second-order valence-corrected chi connectivity index (χ2v) is 6.75. The third-order valence-electron chi connectivity index (χ3n) is 3.85. The fourth-order valence-electron chi connectivity index (χ4n) is 2.48. The van der Waals surface area contributed by atoms with Crippen LogP contribution in [0.5, 0.6) is 5.88 Å². The van der Waals surface area contributed by atoms with Gasteiger partial charge in [0, 0.05) is 18.7 Å². The highest BCUT2D eigenvalue weighted by Crippen LogP contribution is 2.34. The molecule has 10 heteroatoms. The van der Waals surface area contributed by atoms with Crippen molar-refractivity contribution >= 4 is 33.1 Å². The number of amides is 1. The third-order valence-corrected chi connectivity index (χ3v) is 5.05. The first kappa shape index (κ1) is 20.0. The Labute approximate surface area is 162 Å². The molecule has 3 aromatic rings. The average molecular weight is 411 g/mol. The van der Waals surface area contributed by atoms with Gasteiger partial charge in [0.05, 0.1) is 11.5 Å². The van der Waals surface area contributed by atoms with Gasteiger partial charge in [0.1, 0.15) is 22.8 Å². The van der Waals surface area contributed by atoms with Gasteiger partial charge in [-0.15, -0.1) is 11.3 Å². The van der Waals surface area contributed by atoms with E-state index in [0.29, 0.717) is 23.2 Å². The molecule has 28 heavy (non-hydrogen) atoms. The molecular weight excluding hydrogens is 395 g/mol. The van der Waals surface area contributed by atoms with Crippen LogP contribution in [0.15, 0.2) is 30.5 Å². The van der Waals surface area contributed by atoms with Crippen LogP contribution in [-0.4, -0.2) is 36.2 Å². The van der Waals surface area contributed by atoms with Gasteiger partial charge in [-0.25, -0.2) is 9.97 Å². The summed E-state index contributed by atoms with van der Waals surface area (Å²) < 4.78 is 49.0. The zero-order chi connectivity index (χ0) is 20.3. The maximum absolute atomic E-state index is 12.9. The first-order chi connectivity index (χ1) is 13.3. The number of fused-ring (bicyclic) bond motifs is 1. The Morgan fingerprint density at radius 1 is 1.25 bits per heavy atom. The van der Waals surface area contributed by atoms with Gasteiger partial charge in [-0.3, -0.25) is 4.79 Å². The predicted molar refractivity (Wildman–Crippen MR) is 98.9 cm³/mol. The number of carbonyl (C=O) groups is 1. The van der Waals surface area contributed by atoms with Crippen LogP contribution in [0, 0.1) is 6.92 Å². The molecule has 0 saturated carbocycles. The van der Waals surface area contributed by atoms with Gasteiger partial charge in [-0.1, -0.05) is 0 Å². The number of rotatable bonds is 6. The van der Waals surface area contributed by atoms with Crippen molar-refractivity contribution in [2.45, 2.75) is 13.1 Å². The molecular formula is C18H16F3N3O3S. The lowest BCUT2D eigenvalue weighted by molar-refractivity contribution is -0.140. The van der Waals surface area contributed by atoms with E-state index in [2.05, 4.69) is 15.3 Å². The number of nitrogens with one attached hydrogen (secondary N) is 1. The average Bonchev–Trinajstić information content (AvgIpc) is 2.99. The Morgan fingerprint density at radius 3 is 2.75 bits per heavy atom. The van der Waals surface area contributed by atoms with Gasteiger partial charge in [-0.2, -0.15) is 13.2 Å². The van der Waals surface area contributed by atoms with E-state index in [1.165, 1.54) is 19.4 Å². The monoisotopic (exact) mass is 411 g/mol. The summed E-state index contributed by atoms with van der Waals surface area (Å²) >= 11 is 0.904. The number of nitrogens with zero attached hydrogens (tertiary/aromatic N) is 2. The number of ether oxygens (including phenoxy) is 2. The molecule has 3 heterocycles. The number of alkyl halides is 3. The highest BCUT2D eigenvalue weighted by atomic mass is 32.1. The van der Waals surface area contributed by atoms with Crippen molar-refractivity contribution in [1.82, 2.24) is 9.97 Å². The van der Waals surface area contributed by atoms with Crippen molar-refractivity contribution in [2.24, 2.45) is 0 Å². The maximum Gasteiger partial charge on any atom is 0.433 e. The Kier molecular flexibility index (Phi) is 5.80. The predicted octanol–water partition coefficient (Wildman–Crippen LogP) is 4.30. The Balaban J connectivity index is 1.87. The molecule has 0 aliphatic carbocycles. The summed E-state index contributed by atoms with van der Waals surface area (Å²) in [5.41, 5.74) is -0.0804. The molecule has 148 valence electrons. The minimum atomic E-state index is -4.54. The lowest BCUT2D eigenvalue weighted by atomic mass is 10.1. The molecule has 0 saturated heterocycles. The van der Waals surface area contributed by atoms with Gasteiger partial charge in [0.25, 0.3) is 5.91 Å². The smallest absolute Gasteiger partial charge is 0.433 e. The molecule has 0 unspecified atom stereocenters. The highest BCUT2D eigenvalue weighted by molar-refractivity contribution is 7.20. The standard InChI is InChI=1S/C18H16F3N3O3S/c1-10-11-5-6-13(18(19,20)21)24-17(11)28-14(10)15(25)23-12-4-3-7-22-16(12)27-9-8-26-2/h3-7H,8-9H2,1-2H3,(H,23,25). The summed E-state index contributed by atoms with van der Waals surface area (Å²) in [6.07, 6.45) is -3.02. The SMILES string of the molecule is COCCOc1ncccc1NC(=O)c1sc2nc(C(F)(F)F)ccc2c1C. The quantitative estimate of drug-likeness (QED) is 0.613. The highest BCUT2D eigenvalue weighted by Gasteiger charge is 2.33. The van der Waals surface area contributed by atoms with Gasteiger partial charge in [0.15, 0.2) is 0 Å². The number of pyridine rings is 2. The molecule has 0 bridgehead atoms. The summed E-state index contributed by atoms with van der Waals surface area (Å²) in [6, 6.07) is 5.49. The molecule has 0 aliphatic heterocycles. The van der Waals surface area contributed by atoms with Gasteiger partial charge in [-0.05, 0) is 36.8 Å². The van der Waals surface area contributed by atoms with Gasteiger partial charge in [0.2, 0.25) is 5.88 Å². The fraction of sp³-hybridized carbons (Fsp3) is 0.278. The molecule has 0 spiro atoms. The fourth-order valence-corrected chi connectivity index (χ4v) is 3.55. The number of aromatic nitrogens is 2. The minimum absolute atomic E-state index is 0.153. The second kappa shape index (κ2) is 8.11. The number of anilines is 1. The van der Waals surface area contributed by atoms with Crippen LogP contribution in [0.4, 0.5) is 18.9 Å². The van der Waals surface area contributed by atoms with Crippen molar-refractivity contribution in [3.8, 4) is 5.88 Å². The van der Waals surface area contributed by atoms with E-state index in [0.717, 1.165) is 17.4 Å². The Hall–Kier alpha value is -2.72. The zero-order valence-electron chi connectivity index (χ0n) is 15.0. The van der Waals surface area contributed by atoms with E-state index in [4.69, 9.17) is 9.47 Å². The molecule has 1 amide bonds. The third kappa shape index (κ3) is 4.23. The second-order valence-electron chi connectivity index (χ2n) is 5.75. The van der Waals surface area contributed by atoms with Gasteiger partial charge < -0.3 is 14.8 Å². The molecule has 0 atom stereocenters. The van der Waals surface area contributed by atoms with Crippen molar-refractivity contribution in [3.63, 3.8) is 0 Å². The Morgan fingerprint density at radius 2 is 2.04 bits per heavy atom. The van der Waals surface area contributed by atoms with Crippen molar-refractivity contribution in [1.29, 1.82) is 0 Å². The topological polar surface area (TPSA) is 73.3 Å². The van der Waals surface area contributed by atoms with E-state index in [9.17, 15) is 18.0 Å². The molecule has 0 fully saturated rings. The van der Waals surface area contributed by atoms with Crippen molar-refractivity contribution in [2.75, 3.05) is 25.6 Å². The van der Waals surface area contributed by atoms with E-state index in [1.807, 2.05) is 0 Å². The molecule has 3 aromatic heterocycles. The van der Waals surface area contributed by atoms with Crippen LogP contribution >= 0.6 is 11.3 Å². The molecule has 1 N–H and O–H groups in total. The van der Waals surface area contributed by atoms with E-state index < -0.39 is 17.8 Å². The summed E-state index contributed by atoms with van der Waals surface area (Å²) in [4.78, 5) is 20.9. The van der Waals surface area contributed by atoms with Crippen LogP contribution < -0.4 is 10.1 Å². The van der Waals surface area contributed by atoms with Crippen LogP contribution in [-0.2, 0) is 10.9 Å². The number of methoxy groups -OCH3 is 1. The summed E-state index contributed by atoms with van der Waals surface area (Å²) in [7, 11) is 1.53. The maximum atomic E-state index is 12.9. The van der Waals surface area contributed by atoms with Crippen LogP contribution in [0.3, 0.4) is 0 Å². The number of halogens is 3. The molecule has 3 rings (SSSR count). The lowest BCUT2D eigenvalue weighted by Crippen LogP contribution is -2.14. The summed E-state index contributed by atoms with van der Waals surface area (Å²) in [6.45, 7) is 2.27.